The topological polar surface area (TPSA) is 69.4 Å². The molecule has 0 amide bonds. The van der Waals surface area contributed by atoms with Crippen molar-refractivity contribution in [2.45, 2.75) is 97.9 Å². The fraction of sp³-hybridized carbons (Fsp3) is 0.667. The second kappa shape index (κ2) is 9.77. The van der Waals surface area contributed by atoms with Crippen molar-refractivity contribution in [3.63, 3.8) is 0 Å². The van der Waals surface area contributed by atoms with E-state index in [-0.39, 0.29) is 33.2 Å². The maximum absolute atomic E-state index is 12.7. The molecule has 0 radical (unpaired) electrons. The van der Waals surface area contributed by atoms with Crippen LogP contribution in [0.1, 0.15) is 108 Å². The highest BCUT2D eigenvalue weighted by atomic mass is 127. The third-order valence-electron chi connectivity index (χ3n) is 13.9. The van der Waals surface area contributed by atoms with Gasteiger partial charge in [-0.1, -0.05) is 58.1 Å². The van der Waals surface area contributed by atoms with Gasteiger partial charge in [0.05, 0.1) is 5.56 Å². The van der Waals surface area contributed by atoms with E-state index in [1.165, 1.54) is 35.8 Å². The first kappa shape index (κ1) is 29.6. The van der Waals surface area contributed by atoms with Crippen LogP contribution < -0.4 is 5.73 Å². The molecule has 41 heavy (non-hydrogen) atoms. The van der Waals surface area contributed by atoms with E-state index in [4.69, 9.17) is 8.80 Å². The van der Waals surface area contributed by atoms with Crippen LogP contribution in [-0.4, -0.2) is 17.8 Å². The molecule has 2 N–H and O–H groups in total. The minimum absolute atomic E-state index is 0.00790. The van der Waals surface area contributed by atoms with Gasteiger partial charge in [0, 0.05) is 11.0 Å². The van der Waals surface area contributed by atoms with Gasteiger partial charge in [-0.05, 0) is 134 Å². The third-order valence-corrected chi connectivity index (χ3v) is 14.3. The summed E-state index contributed by atoms with van der Waals surface area (Å²) in [5, 5.41) is 0. The molecular weight excluding hydrogens is 621 g/mol. The third kappa shape index (κ3) is 3.92. The number of hydrogen-bond donors (Lipinski definition) is 1. The highest BCUT2D eigenvalue weighted by molar-refractivity contribution is 14.1. The molecule has 222 valence electrons. The minimum atomic E-state index is -0.306. The van der Waals surface area contributed by atoms with E-state index < -0.39 is 0 Å². The van der Waals surface area contributed by atoms with Crippen LogP contribution in [-0.2, 0) is 7.86 Å². The molecule has 4 nitrogen and oxygen atoms in total. The summed E-state index contributed by atoms with van der Waals surface area (Å²) in [5.41, 5.74) is 12.0. The van der Waals surface area contributed by atoms with Gasteiger partial charge in [-0.2, -0.15) is 0 Å². The molecule has 4 fully saturated rings. The van der Waals surface area contributed by atoms with Gasteiger partial charge in [0.2, 0.25) is 0 Å². The molecule has 0 saturated heterocycles. The zero-order chi connectivity index (χ0) is 29.6. The van der Waals surface area contributed by atoms with E-state index >= 15 is 0 Å². The molecule has 0 heterocycles. The standard InChI is InChI=1S/C36H48INO3/c1-22(2)25-13-18-35(21-39)19-20-36(38)27(30(25)35)11-12-29-33(5)16-14-26(23-7-9-24(10-8-23)31(40)41-37)32(3,4)28(33)15-17-34(29,36)6/h7-10,14,21,25,27-30H,1,11-13,15-20,38H2,2-6H3/t25?,27-,28+,29-,30-,33+,34-,35?,36+/m1/s1. The molecule has 5 aliphatic rings. The number of fused-ring (bicyclic) bond motifs is 7. The normalized spacial score (nSPS) is 44.4. The highest BCUT2D eigenvalue weighted by Gasteiger charge is 2.71. The maximum atomic E-state index is 12.7. The average molecular weight is 670 g/mol. The number of nitrogens with two attached hydrogens (primary N) is 1. The van der Waals surface area contributed by atoms with Crippen LogP contribution >= 0.6 is 23.0 Å². The van der Waals surface area contributed by atoms with Crippen LogP contribution in [0.2, 0.25) is 0 Å². The smallest absolute Gasteiger partial charge is 0.347 e. The second-order valence-corrected chi connectivity index (χ2v) is 16.1. The Morgan fingerprint density at radius 1 is 1.00 bits per heavy atom. The predicted molar refractivity (Wildman–Crippen MR) is 173 cm³/mol. The Labute approximate surface area is 261 Å². The lowest BCUT2D eigenvalue weighted by Gasteiger charge is -2.71. The van der Waals surface area contributed by atoms with Crippen LogP contribution in [0, 0.1) is 51.2 Å². The van der Waals surface area contributed by atoms with Crippen molar-refractivity contribution in [3.8, 4) is 0 Å². The van der Waals surface area contributed by atoms with Gasteiger partial charge in [0.25, 0.3) is 0 Å². The molecule has 0 aromatic heterocycles. The fourth-order valence-electron chi connectivity index (χ4n) is 12.0. The van der Waals surface area contributed by atoms with E-state index in [0.29, 0.717) is 35.2 Å². The van der Waals surface area contributed by atoms with Gasteiger partial charge in [0.15, 0.2) is 23.0 Å². The summed E-state index contributed by atoms with van der Waals surface area (Å²) in [5.74, 6) is 1.97. The lowest BCUT2D eigenvalue weighted by Crippen LogP contribution is -2.73. The number of allylic oxidation sites excluding steroid dienone is 3. The molecule has 2 unspecified atom stereocenters. The Kier molecular flexibility index (Phi) is 7.05. The van der Waals surface area contributed by atoms with Gasteiger partial charge < -0.3 is 13.6 Å². The first-order chi connectivity index (χ1) is 19.3. The van der Waals surface area contributed by atoms with E-state index in [0.717, 1.165) is 44.9 Å². The van der Waals surface area contributed by atoms with Crippen LogP contribution in [0.25, 0.3) is 5.57 Å². The molecule has 0 bridgehead atoms. The van der Waals surface area contributed by atoms with Crippen molar-refractivity contribution < 1.29 is 12.7 Å². The molecule has 0 spiro atoms. The summed E-state index contributed by atoms with van der Waals surface area (Å²) in [7, 11) is 0. The van der Waals surface area contributed by atoms with Crippen molar-refractivity contribution >= 4 is 40.8 Å². The fourth-order valence-corrected chi connectivity index (χ4v) is 12.3. The van der Waals surface area contributed by atoms with Crippen molar-refractivity contribution in [1.29, 1.82) is 0 Å². The van der Waals surface area contributed by atoms with Crippen LogP contribution in [0.15, 0.2) is 42.5 Å². The lowest BCUT2D eigenvalue weighted by molar-refractivity contribution is -0.191. The van der Waals surface area contributed by atoms with Crippen molar-refractivity contribution in [3.05, 3.63) is 53.6 Å². The van der Waals surface area contributed by atoms with Crippen molar-refractivity contribution in [2.75, 3.05) is 0 Å². The van der Waals surface area contributed by atoms with Crippen LogP contribution in [0.5, 0.6) is 0 Å². The molecule has 4 saturated carbocycles. The molecular formula is C36H48INO3. The Bertz CT molecular complexity index is 1300. The number of halogens is 1. The zero-order valence-corrected chi connectivity index (χ0v) is 27.8. The maximum Gasteiger partial charge on any atom is 0.347 e. The number of carbonyl (C=O) groups is 2. The molecule has 9 atom stereocenters. The largest absolute Gasteiger partial charge is 0.391 e. The summed E-state index contributed by atoms with van der Waals surface area (Å²) >= 11 is 1.65. The molecule has 5 aliphatic carbocycles. The van der Waals surface area contributed by atoms with Crippen LogP contribution in [0.3, 0.4) is 0 Å². The van der Waals surface area contributed by atoms with E-state index in [9.17, 15) is 9.59 Å². The number of benzene rings is 1. The molecule has 1 aromatic carbocycles. The number of aldehydes is 1. The SMILES string of the molecule is C=C(C)C1CCC2(C=O)CC[C@]3(N)[C@H](CC[C@@H]4[C@@]5(C)CC=C(c6ccc(C(=O)OI)cc6)C(C)(C)[C@@H]5CC[C@]43C)[C@@H]12. The summed E-state index contributed by atoms with van der Waals surface area (Å²) in [4.78, 5) is 24.7. The zero-order valence-electron chi connectivity index (χ0n) is 25.6. The molecule has 0 aliphatic heterocycles. The summed E-state index contributed by atoms with van der Waals surface area (Å²) in [6, 6.07) is 7.96. The van der Waals surface area contributed by atoms with E-state index in [2.05, 4.69) is 59.4 Å². The van der Waals surface area contributed by atoms with E-state index in [1.54, 1.807) is 23.0 Å². The summed E-state index contributed by atoms with van der Waals surface area (Å²) in [6.45, 7) is 16.6. The number of carbonyl (C=O) groups excluding carboxylic acids is 2. The second-order valence-electron chi connectivity index (χ2n) is 15.6. The van der Waals surface area contributed by atoms with Gasteiger partial charge in [-0.15, -0.1) is 0 Å². The monoisotopic (exact) mass is 669 g/mol. The quantitative estimate of drug-likeness (QED) is 0.198. The highest BCUT2D eigenvalue weighted by Crippen LogP contribution is 2.74. The Balaban J connectivity index is 1.35. The Hall–Kier alpha value is -1.47. The van der Waals surface area contributed by atoms with Crippen molar-refractivity contribution in [2.24, 2.45) is 57.0 Å². The van der Waals surface area contributed by atoms with Gasteiger partial charge in [-0.25, -0.2) is 4.79 Å². The summed E-state index contributed by atoms with van der Waals surface area (Å²) < 4.78 is 4.89. The number of hydrogen-bond acceptors (Lipinski definition) is 4. The Morgan fingerprint density at radius 2 is 1.71 bits per heavy atom. The minimum Gasteiger partial charge on any atom is -0.391 e. The summed E-state index contributed by atoms with van der Waals surface area (Å²) in [6.07, 6.45) is 13.6. The molecule has 1 aromatic rings. The lowest BCUT2D eigenvalue weighted by atomic mass is 9.34. The van der Waals surface area contributed by atoms with E-state index in [1.807, 2.05) is 12.1 Å². The predicted octanol–water partition coefficient (Wildman–Crippen LogP) is 8.73. The van der Waals surface area contributed by atoms with Gasteiger partial charge in [-0.3, -0.25) is 0 Å². The van der Waals surface area contributed by atoms with Gasteiger partial charge >= 0.3 is 5.97 Å². The Morgan fingerprint density at radius 3 is 2.34 bits per heavy atom. The van der Waals surface area contributed by atoms with Crippen LogP contribution in [0.4, 0.5) is 0 Å². The first-order valence-corrected chi connectivity index (χ1v) is 16.7. The number of rotatable bonds is 4. The first-order valence-electron chi connectivity index (χ1n) is 15.8. The van der Waals surface area contributed by atoms with Crippen molar-refractivity contribution in [1.82, 2.24) is 0 Å². The average Bonchev–Trinajstić information content (AvgIpc) is 3.33. The molecule has 5 heteroatoms. The van der Waals surface area contributed by atoms with Gasteiger partial charge in [0.1, 0.15) is 6.29 Å². The molecule has 6 rings (SSSR count).